The molecule has 0 aliphatic heterocycles. The fraction of sp³-hybridized carbons (Fsp3) is 0.333. The minimum Gasteiger partial charge on any atom is -0.369 e. The Balaban J connectivity index is 1.89. The van der Waals surface area contributed by atoms with Gasteiger partial charge in [-0.3, -0.25) is 9.79 Å². The highest BCUT2D eigenvalue weighted by Gasteiger charge is 2.17. The number of nitrogens with zero attached hydrogens (tertiary/aromatic N) is 1. The first kappa shape index (κ1) is 18.9. The van der Waals surface area contributed by atoms with E-state index in [4.69, 9.17) is 5.73 Å². The molecule has 0 fully saturated rings. The maximum Gasteiger partial charge on any atom is 0.222 e. The van der Waals surface area contributed by atoms with Gasteiger partial charge < -0.3 is 16.4 Å². The van der Waals surface area contributed by atoms with Crippen LogP contribution in [0, 0.1) is 18.7 Å². The summed E-state index contributed by atoms with van der Waals surface area (Å²) in [6, 6.07) is 8.16. The number of benzene rings is 1. The number of aryl methyl sites for hydroxylation is 1. The predicted octanol–water partition coefficient (Wildman–Crippen LogP) is 2.20. The van der Waals surface area contributed by atoms with Crippen molar-refractivity contribution in [1.29, 1.82) is 0 Å². The fourth-order valence-electron chi connectivity index (χ4n) is 2.37. The molecule has 1 amide bonds. The molecule has 0 radical (unpaired) electrons. The number of halogens is 1. The summed E-state index contributed by atoms with van der Waals surface area (Å²) in [5.41, 5.74) is 7.60. The third-order valence-corrected chi connectivity index (χ3v) is 4.94. The molecule has 25 heavy (non-hydrogen) atoms. The number of hydrogen-bond acceptors (Lipinski definition) is 3. The van der Waals surface area contributed by atoms with E-state index >= 15 is 0 Å². The molecule has 1 aromatic carbocycles. The lowest BCUT2D eigenvalue weighted by atomic mass is 9.98. The molecule has 5 nitrogen and oxygen atoms in total. The van der Waals surface area contributed by atoms with Crippen LogP contribution in [0.15, 0.2) is 40.7 Å². The van der Waals surface area contributed by atoms with Gasteiger partial charge in [0.2, 0.25) is 5.91 Å². The van der Waals surface area contributed by atoms with Crippen LogP contribution in [0.2, 0.25) is 0 Å². The van der Waals surface area contributed by atoms with E-state index in [0.717, 1.165) is 5.56 Å². The van der Waals surface area contributed by atoms with Gasteiger partial charge in [0, 0.05) is 18.5 Å². The highest BCUT2D eigenvalue weighted by Crippen LogP contribution is 2.14. The summed E-state index contributed by atoms with van der Waals surface area (Å²) in [4.78, 5) is 17.1. The molecule has 1 heterocycles. The van der Waals surface area contributed by atoms with Crippen molar-refractivity contribution >= 4 is 23.2 Å². The average Bonchev–Trinajstić information content (AvgIpc) is 3.00. The van der Waals surface area contributed by atoms with Crippen LogP contribution in [-0.4, -0.2) is 25.5 Å². The van der Waals surface area contributed by atoms with E-state index in [1.807, 2.05) is 5.38 Å². The number of rotatable bonds is 7. The lowest BCUT2D eigenvalue weighted by Crippen LogP contribution is -2.42. The number of nitrogens with one attached hydrogen (secondary N) is 2. The summed E-state index contributed by atoms with van der Waals surface area (Å²) in [7, 11) is 1.68. The zero-order valence-electron chi connectivity index (χ0n) is 14.4. The molecule has 2 aromatic rings. The summed E-state index contributed by atoms with van der Waals surface area (Å²) >= 11 is 1.68. The van der Waals surface area contributed by atoms with Gasteiger partial charge >= 0.3 is 0 Å². The van der Waals surface area contributed by atoms with E-state index in [0.29, 0.717) is 25.5 Å². The standard InChI is InChI=1S/C18H23FN4OS/c1-12-7-8-25-16(12)11-23-18(21-2)22-10-14(17(20)24)9-13-3-5-15(19)6-4-13/h3-8,14H,9-11H2,1-2H3,(H2,20,24)(H2,21,22,23). The topological polar surface area (TPSA) is 79.5 Å². The van der Waals surface area contributed by atoms with Crippen LogP contribution in [0.25, 0.3) is 0 Å². The summed E-state index contributed by atoms with van der Waals surface area (Å²) in [5.74, 6) is -0.502. The maximum atomic E-state index is 13.0. The summed E-state index contributed by atoms with van der Waals surface area (Å²) in [6.07, 6.45) is 0.448. The van der Waals surface area contributed by atoms with Crippen molar-refractivity contribution in [2.75, 3.05) is 13.6 Å². The van der Waals surface area contributed by atoms with Crippen molar-refractivity contribution in [2.45, 2.75) is 19.9 Å². The van der Waals surface area contributed by atoms with Gasteiger partial charge in [-0.2, -0.15) is 0 Å². The molecule has 134 valence electrons. The van der Waals surface area contributed by atoms with E-state index in [9.17, 15) is 9.18 Å². The van der Waals surface area contributed by atoms with Gasteiger partial charge in [0.25, 0.3) is 0 Å². The van der Waals surface area contributed by atoms with Crippen LogP contribution in [0.4, 0.5) is 4.39 Å². The van der Waals surface area contributed by atoms with E-state index in [2.05, 4.69) is 28.6 Å². The van der Waals surface area contributed by atoms with Crippen LogP contribution < -0.4 is 16.4 Å². The first-order valence-corrected chi connectivity index (χ1v) is 8.88. The first-order chi connectivity index (χ1) is 12.0. The molecule has 1 atom stereocenters. The quantitative estimate of drug-likeness (QED) is 0.522. The Bertz CT molecular complexity index is 727. The molecular weight excluding hydrogens is 339 g/mol. The number of carbonyl (C=O) groups is 1. The molecule has 1 unspecified atom stereocenters. The van der Waals surface area contributed by atoms with E-state index in [1.54, 1.807) is 30.5 Å². The van der Waals surface area contributed by atoms with Crippen molar-refractivity contribution in [2.24, 2.45) is 16.6 Å². The molecule has 7 heteroatoms. The minimum absolute atomic E-state index is 0.300. The molecular formula is C18H23FN4OS. The molecule has 0 aliphatic carbocycles. The minimum atomic E-state index is -0.410. The molecule has 0 aliphatic rings. The number of primary amides is 1. The molecule has 2 rings (SSSR count). The Morgan fingerprint density at radius 3 is 2.56 bits per heavy atom. The first-order valence-electron chi connectivity index (χ1n) is 8.01. The van der Waals surface area contributed by atoms with Crippen molar-refractivity contribution in [1.82, 2.24) is 10.6 Å². The Morgan fingerprint density at radius 2 is 2.00 bits per heavy atom. The molecule has 4 N–H and O–H groups in total. The van der Waals surface area contributed by atoms with Gasteiger partial charge in [-0.1, -0.05) is 12.1 Å². The third-order valence-electron chi connectivity index (χ3n) is 3.92. The largest absolute Gasteiger partial charge is 0.369 e. The van der Waals surface area contributed by atoms with Gasteiger partial charge in [-0.05, 0) is 48.1 Å². The van der Waals surface area contributed by atoms with Crippen LogP contribution >= 0.6 is 11.3 Å². The lowest BCUT2D eigenvalue weighted by molar-refractivity contribution is -0.121. The molecule has 0 saturated heterocycles. The van der Waals surface area contributed by atoms with E-state index in [-0.39, 0.29) is 5.82 Å². The summed E-state index contributed by atoms with van der Waals surface area (Å²) in [5, 5.41) is 8.41. The number of guanidine groups is 1. The van der Waals surface area contributed by atoms with E-state index in [1.165, 1.54) is 22.6 Å². The number of amides is 1. The number of nitrogens with two attached hydrogens (primary N) is 1. The van der Waals surface area contributed by atoms with E-state index < -0.39 is 11.8 Å². The lowest BCUT2D eigenvalue weighted by Gasteiger charge is -2.17. The van der Waals surface area contributed by atoms with Crippen LogP contribution in [0.3, 0.4) is 0 Å². The highest BCUT2D eigenvalue weighted by atomic mass is 32.1. The second-order valence-electron chi connectivity index (χ2n) is 5.76. The molecule has 1 aromatic heterocycles. The molecule has 0 spiro atoms. The third kappa shape index (κ3) is 5.86. The van der Waals surface area contributed by atoms with Gasteiger partial charge in [-0.15, -0.1) is 11.3 Å². The second-order valence-corrected chi connectivity index (χ2v) is 6.76. The Hall–Kier alpha value is -2.41. The van der Waals surface area contributed by atoms with Gasteiger partial charge in [0.1, 0.15) is 5.82 Å². The van der Waals surface area contributed by atoms with Crippen molar-refractivity contribution in [3.63, 3.8) is 0 Å². The SMILES string of the molecule is CN=C(NCc1sccc1C)NCC(Cc1ccc(F)cc1)C(N)=O. The van der Waals surface area contributed by atoms with Crippen LogP contribution in [0.1, 0.15) is 16.0 Å². The molecule has 0 bridgehead atoms. The maximum absolute atomic E-state index is 13.0. The zero-order valence-corrected chi connectivity index (χ0v) is 15.2. The number of thiophene rings is 1. The summed E-state index contributed by atoms with van der Waals surface area (Å²) in [6.45, 7) is 3.09. The van der Waals surface area contributed by atoms with Crippen molar-refractivity contribution in [3.8, 4) is 0 Å². The Morgan fingerprint density at radius 1 is 1.28 bits per heavy atom. The average molecular weight is 362 g/mol. The number of aliphatic imine (C=N–C) groups is 1. The van der Waals surface area contributed by atoms with Gasteiger partial charge in [0.05, 0.1) is 12.5 Å². The number of hydrogen-bond donors (Lipinski definition) is 3. The zero-order chi connectivity index (χ0) is 18.2. The fourth-order valence-corrected chi connectivity index (χ4v) is 3.21. The Labute approximate surface area is 151 Å². The van der Waals surface area contributed by atoms with Gasteiger partial charge in [-0.25, -0.2) is 4.39 Å². The van der Waals surface area contributed by atoms with Crippen molar-refractivity contribution < 1.29 is 9.18 Å². The smallest absolute Gasteiger partial charge is 0.222 e. The Kier molecular flexibility index (Phi) is 6.94. The number of carbonyl (C=O) groups excluding carboxylic acids is 1. The van der Waals surface area contributed by atoms with Gasteiger partial charge in [0.15, 0.2) is 5.96 Å². The molecule has 0 saturated carbocycles. The van der Waals surface area contributed by atoms with Crippen molar-refractivity contribution in [3.05, 3.63) is 57.5 Å². The second kappa shape index (κ2) is 9.17. The highest BCUT2D eigenvalue weighted by molar-refractivity contribution is 7.10. The monoisotopic (exact) mass is 362 g/mol. The normalized spacial score (nSPS) is 12.7. The summed E-state index contributed by atoms with van der Waals surface area (Å²) < 4.78 is 13.0. The van der Waals surface area contributed by atoms with Crippen LogP contribution in [0.5, 0.6) is 0 Å². The van der Waals surface area contributed by atoms with Crippen LogP contribution in [-0.2, 0) is 17.8 Å². The predicted molar refractivity (Wildman–Crippen MR) is 100 cm³/mol.